The highest BCUT2D eigenvalue weighted by atomic mass is 16.2. The van der Waals surface area contributed by atoms with Crippen LogP contribution in [0.5, 0.6) is 0 Å². The number of carbonyl (C=O) groups is 1. The normalized spacial score (nSPS) is 10.7. The Hall–Kier alpha value is -2.85. The number of benzene rings is 1. The largest absolute Gasteiger partial charge is 0.325 e. The van der Waals surface area contributed by atoms with Gasteiger partial charge in [0.15, 0.2) is 0 Å². The maximum absolute atomic E-state index is 12.2. The molecule has 0 saturated heterocycles. The predicted molar refractivity (Wildman–Crippen MR) is 86.6 cm³/mol. The minimum atomic E-state index is -0.509. The third-order valence-corrected chi connectivity index (χ3v) is 3.10. The van der Waals surface area contributed by atoms with E-state index in [1.54, 1.807) is 30.6 Å². The second-order valence-corrected chi connectivity index (χ2v) is 5.83. The van der Waals surface area contributed by atoms with Gasteiger partial charge in [0.2, 0.25) is 5.91 Å². The molecule has 0 bridgehead atoms. The molecule has 0 radical (unpaired) electrons. The Labute approximate surface area is 128 Å². The Morgan fingerprint density at radius 3 is 2.64 bits per heavy atom. The van der Waals surface area contributed by atoms with E-state index < -0.39 is 5.41 Å². The quantitative estimate of drug-likeness (QED) is 0.506. The lowest BCUT2D eigenvalue weighted by Crippen LogP contribution is -2.27. The van der Waals surface area contributed by atoms with Gasteiger partial charge in [-0.2, -0.15) is 0 Å². The first-order chi connectivity index (χ1) is 10.4. The Kier molecular flexibility index (Phi) is 4.44. The molecule has 0 spiro atoms. The van der Waals surface area contributed by atoms with Gasteiger partial charge in [-0.3, -0.25) is 9.78 Å². The van der Waals surface area contributed by atoms with E-state index in [-0.39, 0.29) is 5.91 Å². The van der Waals surface area contributed by atoms with E-state index in [1.807, 2.05) is 32.9 Å². The Balaban J connectivity index is 2.50. The summed E-state index contributed by atoms with van der Waals surface area (Å²) in [6.45, 7) is 5.53. The fourth-order valence-corrected chi connectivity index (χ4v) is 1.86. The van der Waals surface area contributed by atoms with Gasteiger partial charge in [-0.1, -0.05) is 50.2 Å². The maximum atomic E-state index is 12.2. The topological polar surface area (TPSA) is 90.8 Å². The third-order valence-electron chi connectivity index (χ3n) is 3.10. The van der Waals surface area contributed by atoms with Crippen molar-refractivity contribution >= 4 is 17.3 Å². The summed E-state index contributed by atoms with van der Waals surface area (Å²) in [6.07, 6.45) is 3.25. The standard InChI is InChI=1S/C16H17N5O/c1-16(2,3)15(22)19-13-8-9-18-10-12(13)11-6-4-5-7-14(11)20-21-17/h4-10H,1-3H3,(H,18,19,22). The number of aromatic nitrogens is 1. The van der Waals surface area contributed by atoms with E-state index in [9.17, 15) is 4.79 Å². The van der Waals surface area contributed by atoms with Gasteiger partial charge in [-0.05, 0) is 17.2 Å². The van der Waals surface area contributed by atoms with Crippen molar-refractivity contribution in [1.29, 1.82) is 0 Å². The third kappa shape index (κ3) is 3.42. The minimum absolute atomic E-state index is 0.0961. The van der Waals surface area contributed by atoms with Gasteiger partial charge in [-0.15, -0.1) is 0 Å². The van der Waals surface area contributed by atoms with Crippen LogP contribution in [0.25, 0.3) is 21.6 Å². The SMILES string of the molecule is CC(C)(C)C(=O)Nc1ccncc1-c1ccccc1N=[N+]=[N-]. The summed E-state index contributed by atoms with van der Waals surface area (Å²) in [7, 11) is 0. The van der Waals surface area contributed by atoms with E-state index in [0.29, 0.717) is 16.9 Å². The maximum Gasteiger partial charge on any atom is 0.229 e. The van der Waals surface area contributed by atoms with Crippen LogP contribution in [0, 0.1) is 5.41 Å². The van der Waals surface area contributed by atoms with Gasteiger partial charge in [-0.25, -0.2) is 0 Å². The first-order valence-corrected chi connectivity index (χ1v) is 6.83. The molecule has 1 N–H and O–H groups in total. The van der Waals surface area contributed by atoms with Crippen molar-refractivity contribution in [2.45, 2.75) is 20.8 Å². The summed E-state index contributed by atoms with van der Waals surface area (Å²) >= 11 is 0. The van der Waals surface area contributed by atoms with Crippen LogP contribution in [-0.2, 0) is 4.79 Å². The summed E-state index contributed by atoms with van der Waals surface area (Å²) < 4.78 is 0. The first-order valence-electron chi connectivity index (χ1n) is 6.83. The van der Waals surface area contributed by atoms with Gasteiger partial charge in [0.1, 0.15) is 0 Å². The molecule has 2 aromatic rings. The van der Waals surface area contributed by atoms with Crippen molar-refractivity contribution in [3.8, 4) is 11.1 Å². The summed E-state index contributed by atoms with van der Waals surface area (Å²) in [5.74, 6) is -0.0961. The number of hydrogen-bond acceptors (Lipinski definition) is 3. The number of hydrogen-bond donors (Lipinski definition) is 1. The van der Waals surface area contributed by atoms with E-state index in [2.05, 4.69) is 20.3 Å². The second kappa shape index (κ2) is 6.28. The zero-order valence-corrected chi connectivity index (χ0v) is 12.7. The fourth-order valence-electron chi connectivity index (χ4n) is 1.86. The molecular formula is C16H17N5O. The van der Waals surface area contributed by atoms with Crippen LogP contribution in [0.4, 0.5) is 11.4 Å². The van der Waals surface area contributed by atoms with Gasteiger partial charge < -0.3 is 5.32 Å². The second-order valence-electron chi connectivity index (χ2n) is 5.83. The molecule has 112 valence electrons. The highest BCUT2D eigenvalue weighted by Crippen LogP contribution is 2.35. The lowest BCUT2D eigenvalue weighted by molar-refractivity contribution is -0.123. The molecule has 0 saturated carbocycles. The lowest BCUT2D eigenvalue weighted by atomic mass is 9.95. The average Bonchev–Trinajstić information content (AvgIpc) is 2.48. The first kappa shape index (κ1) is 15.5. The molecule has 1 aromatic heterocycles. The van der Waals surface area contributed by atoms with Crippen LogP contribution >= 0.6 is 0 Å². The molecule has 0 aliphatic rings. The number of anilines is 1. The van der Waals surface area contributed by atoms with Crippen molar-refractivity contribution in [3.63, 3.8) is 0 Å². The average molecular weight is 295 g/mol. The number of carbonyl (C=O) groups excluding carboxylic acids is 1. The summed E-state index contributed by atoms with van der Waals surface area (Å²) in [6, 6.07) is 8.91. The van der Waals surface area contributed by atoms with Gasteiger partial charge in [0, 0.05) is 34.0 Å². The van der Waals surface area contributed by atoms with Crippen LogP contribution in [0.15, 0.2) is 47.8 Å². The zero-order valence-electron chi connectivity index (χ0n) is 12.7. The van der Waals surface area contributed by atoms with Crippen molar-refractivity contribution in [2.24, 2.45) is 10.5 Å². The summed E-state index contributed by atoms with van der Waals surface area (Å²) in [5.41, 5.74) is 10.7. The number of nitrogens with zero attached hydrogens (tertiary/aromatic N) is 4. The number of azide groups is 1. The van der Waals surface area contributed by atoms with Gasteiger partial charge in [0.05, 0.1) is 5.69 Å². The van der Waals surface area contributed by atoms with E-state index in [4.69, 9.17) is 5.53 Å². The summed E-state index contributed by atoms with van der Waals surface area (Å²) in [5, 5.41) is 6.60. The van der Waals surface area contributed by atoms with Gasteiger partial charge in [0.25, 0.3) is 0 Å². The van der Waals surface area contributed by atoms with Gasteiger partial charge >= 0.3 is 0 Å². The molecule has 1 heterocycles. The number of amides is 1. The smallest absolute Gasteiger partial charge is 0.229 e. The zero-order chi connectivity index (χ0) is 16.2. The Morgan fingerprint density at radius 2 is 1.95 bits per heavy atom. The van der Waals surface area contributed by atoms with Crippen molar-refractivity contribution < 1.29 is 4.79 Å². The molecular weight excluding hydrogens is 278 g/mol. The van der Waals surface area contributed by atoms with Crippen LogP contribution in [0.1, 0.15) is 20.8 Å². The molecule has 1 amide bonds. The fraction of sp³-hybridized carbons (Fsp3) is 0.250. The van der Waals surface area contributed by atoms with Crippen LogP contribution < -0.4 is 5.32 Å². The lowest BCUT2D eigenvalue weighted by Gasteiger charge is -2.19. The minimum Gasteiger partial charge on any atom is -0.325 e. The van der Waals surface area contributed by atoms with E-state index >= 15 is 0 Å². The van der Waals surface area contributed by atoms with Crippen LogP contribution in [-0.4, -0.2) is 10.9 Å². The van der Waals surface area contributed by atoms with E-state index in [1.165, 1.54) is 0 Å². The van der Waals surface area contributed by atoms with Crippen LogP contribution in [0.2, 0.25) is 0 Å². The molecule has 0 unspecified atom stereocenters. The monoisotopic (exact) mass is 295 g/mol. The number of nitrogens with one attached hydrogen (secondary N) is 1. The predicted octanol–water partition coefficient (Wildman–Crippen LogP) is 4.68. The van der Waals surface area contributed by atoms with Crippen molar-refractivity contribution in [1.82, 2.24) is 4.98 Å². The highest BCUT2D eigenvalue weighted by molar-refractivity contribution is 5.99. The molecule has 1 aromatic carbocycles. The molecule has 22 heavy (non-hydrogen) atoms. The van der Waals surface area contributed by atoms with Crippen molar-refractivity contribution in [2.75, 3.05) is 5.32 Å². The van der Waals surface area contributed by atoms with Crippen LogP contribution in [0.3, 0.4) is 0 Å². The Morgan fingerprint density at radius 1 is 1.23 bits per heavy atom. The highest BCUT2D eigenvalue weighted by Gasteiger charge is 2.22. The molecule has 6 heteroatoms. The molecule has 0 atom stereocenters. The molecule has 0 aliphatic heterocycles. The number of rotatable bonds is 3. The molecule has 0 aliphatic carbocycles. The summed E-state index contributed by atoms with van der Waals surface area (Å²) in [4.78, 5) is 19.2. The number of pyridine rings is 1. The molecule has 6 nitrogen and oxygen atoms in total. The molecule has 2 rings (SSSR count). The van der Waals surface area contributed by atoms with E-state index in [0.717, 1.165) is 5.56 Å². The van der Waals surface area contributed by atoms with Crippen molar-refractivity contribution in [3.05, 3.63) is 53.2 Å². The Bertz CT molecular complexity index is 742. The molecule has 0 fully saturated rings.